The minimum Gasteiger partial charge on any atom is -0.460 e. The van der Waals surface area contributed by atoms with Gasteiger partial charge in [-0.05, 0) is 43.3 Å². The number of para-hydroxylation sites is 2. The highest BCUT2D eigenvalue weighted by Gasteiger charge is 2.32. The molecule has 4 rings (SSSR count). The smallest absolute Gasteiger partial charge is 0.230 e. The highest BCUT2D eigenvalue weighted by Crippen LogP contribution is 2.44. The van der Waals surface area contributed by atoms with Crippen LogP contribution in [0.5, 0.6) is 5.75 Å². The van der Waals surface area contributed by atoms with Crippen LogP contribution >= 0.6 is 11.8 Å². The first-order chi connectivity index (χ1) is 12.7. The van der Waals surface area contributed by atoms with Gasteiger partial charge < -0.3 is 14.4 Å². The lowest BCUT2D eigenvalue weighted by molar-refractivity contribution is -0.0508. The highest BCUT2D eigenvalue weighted by atomic mass is 32.2. The summed E-state index contributed by atoms with van der Waals surface area (Å²) in [7, 11) is 2.03. The van der Waals surface area contributed by atoms with Gasteiger partial charge in [0.05, 0.1) is 21.9 Å². The molecule has 4 nitrogen and oxygen atoms in total. The van der Waals surface area contributed by atoms with E-state index in [2.05, 4.69) is 17.0 Å². The van der Waals surface area contributed by atoms with Crippen LogP contribution in [0, 0.1) is 0 Å². The molecule has 2 heterocycles. The average molecular weight is 365 g/mol. The Bertz CT molecular complexity index is 919. The Balaban J connectivity index is 1.68. The normalized spacial score (nSPS) is 21.7. The van der Waals surface area contributed by atoms with Gasteiger partial charge in [-0.3, -0.25) is 4.79 Å². The minimum absolute atomic E-state index is 0.0506. The fourth-order valence-corrected chi connectivity index (χ4v) is 4.11. The van der Waals surface area contributed by atoms with Crippen molar-refractivity contribution in [3.05, 3.63) is 76.8 Å². The van der Waals surface area contributed by atoms with Crippen LogP contribution in [0.4, 0.5) is 5.69 Å². The quantitative estimate of drug-likeness (QED) is 0.741. The van der Waals surface area contributed by atoms with E-state index in [0.717, 1.165) is 5.03 Å². The summed E-state index contributed by atoms with van der Waals surface area (Å²) < 4.78 is 11.6. The maximum atomic E-state index is 12.9. The Kier molecular flexibility index (Phi) is 4.57. The second-order valence-corrected chi connectivity index (χ2v) is 7.05. The monoisotopic (exact) mass is 365 g/mol. The third-order valence-electron chi connectivity index (χ3n) is 4.38. The first-order valence-corrected chi connectivity index (χ1v) is 9.35. The Hall–Kier alpha value is -2.50. The van der Waals surface area contributed by atoms with Gasteiger partial charge >= 0.3 is 0 Å². The molecule has 2 aliphatic rings. The van der Waals surface area contributed by atoms with Crippen LogP contribution in [0.1, 0.15) is 17.3 Å². The molecule has 5 heteroatoms. The standard InChI is InChI=1S/C21H19NO3S/c1-3-24-21-15(20(23)14-8-4-6-10-17(14)25-21)12-13-19-22(2)16-9-5-7-11-18(16)26-19/h4-13,21H,3H2,1-2H3/b15-12+,19-13+. The topological polar surface area (TPSA) is 38.8 Å². The molecule has 0 fully saturated rings. The first-order valence-electron chi connectivity index (χ1n) is 8.53. The molecule has 132 valence electrons. The lowest BCUT2D eigenvalue weighted by Gasteiger charge is -2.27. The highest BCUT2D eigenvalue weighted by molar-refractivity contribution is 8.03. The number of carbonyl (C=O) groups is 1. The molecule has 0 N–H and O–H groups in total. The van der Waals surface area contributed by atoms with Gasteiger partial charge in [0, 0.05) is 18.6 Å². The maximum Gasteiger partial charge on any atom is 0.230 e. The van der Waals surface area contributed by atoms with Crippen molar-refractivity contribution >= 4 is 23.2 Å². The largest absolute Gasteiger partial charge is 0.460 e. The van der Waals surface area contributed by atoms with E-state index in [1.165, 1.54) is 10.6 Å². The first kappa shape index (κ1) is 16.9. The number of rotatable bonds is 3. The second kappa shape index (κ2) is 7.02. The summed E-state index contributed by atoms with van der Waals surface area (Å²) in [6.07, 6.45) is 3.10. The van der Waals surface area contributed by atoms with Gasteiger partial charge in [-0.15, -0.1) is 0 Å². The predicted molar refractivity (Wildman–Crippen MR) is 104 cm³/mol. The Morgan fingerprint density at radius 1 is 1.15 bits per heavy atom. The van der Waals surface area contributed by atoms with E-state index in [1.807, 2.05) is 50.4 Å². The lowest BCUT2D eigenvalue weighted by atomic mass is 9.99. The Labute approximate surface area is 157 Å². The zero-order valence-corrected chi connectivity index (χ0v) is 15.5. The van der Waals surface area contributed by atoms with Gasteiger partial charge in [-0.2, -0.15) is 0 Å². The molecular formula is C21H19NO3S. The van der Waals surface area contributed by atoms with E-state index in [1.54, 1.807) is 23.9 Å². The molecule has 0 amide bonds. The number of hydrogen-bond acceptors (Lipinski definition) is 5. The van der Waals surface area contributed by atoms with E-state index in [9.17, 15) is 4.79 Å². The maximum absolute atomic E-state index is 12.9. The van der Waals surface area contributed by atoms with Gasteiger partial charge in [-0.25, -0.2) is 0 Å². The number of thioether (sulfide) groups is 1. The van der Waals surface area contributed by atoms with Crippen molar-refractivity contribution in [3.8, 4) is 5.75 Å². The van der Waals surface area contributed by atoms with E-state index in [-0.39, 0.29) is 5.78 Å². The second-order valence-electron chi connectivity index (χ2n) is 5.99. The fourth-order valence-electron chi connectivity index (χ4n) is 3.06. The molecule has 26 heavy (non-hydrogen) atoms. The van der Waals surface area contributed by atoms with Crippen LogP contribution in [0.25, 0.3) is 0 Å². The molecule has 0 saturated heterocycles. The van der Waals surface area contributed by atoms with E-state index in [4.69, 9.17) is 9.47 Å². The Morgan fingerprint density at radius 2 is 1.92 bits per heavy atom. The van der Waals surface area contributed by atoms with Crippen LogP contribution in [0.2, 0.25) is 0 Å². The predicted octanol–water partition coefficient (Wildman–Crippen LogP) is 4.63. The van der Waals surface area contributed by atoms with Crippen LogP contribution in [0.15, 0.2) is 76.2 Å². The van der Waals surface area contributed by atoms with Crippen LogP contribution < -0.4 is 9.64 Å². The third kappa shape index (κ3) is 2.93. The molecule has 1 unspecified atom stereocenters. The number of nitrogens with zero attached hydrogens (tertiary/aromatic N) is 1. The van der Waals surface area contributed by atoms with Crippen molar-refractivity contribution in [2.24, 2.45) is 0 Å². The SMILES string of the molecule is CCOC1Oc2ccccc2C(=O)/C1=C\C=C1\Sc2ccccc2N1C. The Morgan fingerprint density at radius 3 is 2.73 bits per heavy atom. The van der Waals surface area contributed by atoms with Crippen molar-refractivity contribution < 1.29 is 14.3 Å². The zero-order valence-electron chi connectivity index (χ0n) is 14.6. The number of ether oxygens (including phenoxy) is 2. The zero-order chi connectivity index (χ0) is 18.1. The number of benzene rings is 2. The summed E-state index contributed by atoms with van der Waals surface area (Å²) >= 11 is 1.68. The van der Waals surface area contributed by atoms with Gasteiger partial charge in [0.1, 0.15) is 5.75 Å². The van der Waals surface area contributed by atoms with Crippen molar-refractivity contribution in [3.63, 3.8) is 0 Å². The number of fused-ring (bicyclic) bond motifs is 2. The number of carbonyl (C=O) groups excluding carboxylic acids is 1. The average Bonchev–Trinajstić information content (AvgIpc) is 2.98. The van der Waals surface area contributed by atoms with Crippen molar-refractivity contribution in [2.75, 3.05) is 18.6 Å². The third-order valence-corrected chi connectivity index (χ3v) is 5.56. The van der Waals surface area contributed by atoms with Crippen LogP contribution in [0.3, 0.4) is 0 Å². The molecule has 2 aromatic rings. The summed E-state index contributed by atoms with van der Waals surface area (Å²) in [4.78, 5) is 16.3. The molecule has 1 atom stereocenters. The number of hydrogen-bond donors (Lipinski definition) is 0. The van der Waals surface area contributed by atoms with E-state index >= 15 is 0 Å². The van der Waals surface area contributed by atoms with Gasteiger partial charge in [0.2, 0.25) is 6.29 Å². The van der Waals surface area contributed by atoms with Gasteiger partial charge in [0.15, 0.2) is 5.78 Å². The number of Topliss-reactive ketones (excluding diaryl/α,β-unsaturated/α-hetero) is 1. The molecule has 0 bridgehead atoms. The van der Waals surface area contributed by atoms with Gasteiger partial charge in [-0.1, -0.05) is 36.0 Å². The molecule has 2 aromatic carbocycles. The number of allylic oxidation sites excluding steroid dienone is 2. The van der Waals surface area contributed by atoms with E-state index < -0.39 is 6.29 Å². The molecule has 0 radical (unpaired) electrons. The van der Waals surface area contributed by atoms with Crippen molar-refractivity contribution in [1.82, 2.24) is 0 Å². The van der Waals surface area contributed by atoms with Crippen molar-refractivity contribution in [2.45, 2.75) is 18.1 Å². The summed E-state index contributed by atoms with van der Waals surface area (Å²) in [5, 5.41) is 1.06. The fraction of sp³-hybridized carbons (Fsp3) is 0.190. The lowest BCUT2D eigenvalue weighted by Crippen LogP contribution is -2.32. The summed E-state index contributed by atoms with van der Waals surface area (Å²) in [6.45, 7) is 2.36. The molecular weight excluding hydrogens is 346 g/mol. The molecule has 0 aliphatic carbocycles. The molecule has 0 spiro atoms. The minimum atomic E-state index is -0.682. The molecule has 0 aromatic heterocycles. The van der Waals surface area contributed by atoms with Crippen molar-refractivity contribution in [1.29, 1.82) is 0 Å². The number of ketones is 1. The van der Waals surface area contributed by atoms with E-state index in [0.29, 0.717) is 23.5 Å². The summed E-state index contributed by atoms with van der Waals surface area (Å²) in [5.41, 5.74) is 2.26. The summed E-state index contributed by atoms with van der Waals surface area (Å²) in [6, 6.07) is 15.5. The summed E-state index contributed by atoms with van der Waals surface area (Å²) in [5.74, 6) is 0.519. The molecule has 2 aliphatic heterocycles. The number of anilines is 1. The van der Waals surface area contributed by atoms with Gasteiger partial charge in [0.25, 0.3) is 0 Å². The van der Waals surface area contributed by atoms with Crippen LogP contribution in [-0.2, 0) is 4.74 Å². The molecule has 0 saturated carbocycles. The van der Waals surface area contributed by atoms with Crippen LogP contribution in [-0.4, -0.2) is 25.7 Å².